The molecular weight excluding hydrogens is 230 g/mol. The Bertz CT molecular complexity index is 549. The summed E-state index contributed by atoms with van der Waals surface area (Å²) in [6.07, 6.45) is 0. The number of nitrogens with zero attached hydrogens (tertiary/aromatic N) is 2. The summed E-state index contributed by atoms with van der Waals surface area (Å²) in [6.45, 7) is 0.0586. The summed E-state index contributed by atoms with van der Waals surface area (Å²) in [5.74, 6) is -1.65. The number of rotatable bonds is 4. The number of aliphatic carboxylic acids is 1. The van der Waals surface area contributed by atoms with E-state index in [1.54, 1.807) is 17.8 Å². The van der Waals surface area contributed by atoms with E-state index in [1.165, 1.54) is 0 Å². The van der Waals surface area contributed by atoms with E-state index in [9.17, 15) is 4.79 Å². The third kappa shape index (κ3) is 2.26. The first kappa shape index (κ1) is 12.3. The molecule has 18 heavy (non-hydrogen) atoms. The number of aryl methyl sites for hydroxylation is 1. The highest BCUT2D eigenvalue weighted by molar-refractivity contribution is 5.76. The van der Waals surface area contributed by atoms with E-state index in [0.29, 0.717) is 5.69 Å². The number of carboxylic acids is 1. The van der Waals surface area contributed by atoms with Crippen LogP contribution in [0, 0.1) is 0 Å². The highest BCUT2D eigenvalue weighted by Crippen LogP contribution is 2.22. The lowest BCUT2D eigenvalue weighted by molar-refractivity contribution is -0.138. The molecule has 2 rings (SSSR count). The highest BCUT2D eigenvalue weighted by atomic mass is 16.4. The van der Waals surface area contributed by atoms with E-state index in [-0.39, 0.29) is 6.54 Å². The van der Waals surface area contributed by atoms with Crippen LogP contribution >= 0.6 is 0 Å². The maximum atomic E-state index is 11.1. The highest BCUT2D eigenvalue weighted by Gasteiger charge is 2.22. The van der Waals surface area contributed by atoms with Crippen molar-refractivity contribution in [3.63, 3.8) is 0 Å². The third-order valence-electron chi connectivity index (χ3n) is 2.88. The summed E-state index contributed by atoms with van der Waals surface area (Å²) in [4.78, 5) is 11.1. The molecule has 1 heterocycles. The zero-order chi connectivity index (χ0) is 13.1. The van der Waals surface area contributed by atoms with Crippen LogP contribution in [-0.4, -0.2) is 27.4 Å². The van der Waals surface area contributed by atoms with Crippen LogP contribution in [0.15, 0.2) is 36.4 Å². The summed E-state index contributed by atoms with van der Waals surface area (Å²) >= 11 is 0. The third-order valence-corrected chi connectivity index (χ3v) is 2.88. The van der Waals surface area contributed by atoms with Gasteiger partial charge in [0.25, 0.3) is 0 Å². The number of hydrogen-bond donors (Lipinski definition) is 2. The van der Waals surface area contributed by atoms with Gasteiger partial charge in [-0.05, 0) is 6.07 Å². The van der Waals surface area contributed by atoms with Gasteiger partial charge < -0.3 is 10.8 Å². The molecule has 1 aromatic carbocycles. The number of carbonyl (C=O) groups is 1. The van der Waals surface area contributed by atoms with Gasteiger partial charge in [-0.2, -0.15) is 5.10 Å². The standard InChI is InChI=1S/C13H15N3O2/c1-16-12(10(8-14)13(17)18)7-11(15-16)9-5-3-2-4-6-9/h2-7,10H,8,14H2,1H3,(H,17,18). The Balaban J connectivity index is 2.41. The van der Waals surface area contributed by atoms with Crippen LogP contribution in [0.4, 0.5) is 0 Å². The van der Waals surface area contributed by atoms with Crippen LogP contribution in [-0.2, 0) is 11.8 Å². The minimum absolute atomic E-state index is 0.0586. The van der Waals surface area contributed by atoms with Crippen molar-refractivity contribution in [1.29, 1.82) is 0 Å². The molecule has 0 spiro atoms. The van der Waals surface area contributed by atoms with Gasteiger partial charge >= 0.3 is 5.97 Å². The molecule has 0 aliphatic carbocycles. The van der Waals surface area contributed by atoms with E-state index in [2.05, 4.69) is 5.10 Å². The molecule has 2 aromatic rings. The predicted octanol–water partition coefficient (Wildman–Crippen LogP) is 1.21. The van der Waals surface area contributed by atoms with Gasteiger partial charge in [0.1, 0.15) is 5.92 Å². The Morgan fingerprint density at radius 1 is 1.44 bits per heavy atom. The molecule has 94 valence electrons. The zero-order valence-corrected chi connectivity index (χ0v) is 10.1. The lowest BCUT2D eigenvalue weighted by atomic mass is 10.0. The summed E-state index contributed by atoms with van der Waals surface area (Å²) in [7, 11) is 1.73. The van der Waals surface area contributed by atoms with Gasteiger partial charge in [-0.15, -0.1) is 0 Å². The summed E-state index contributed by atoms with van der Waals surface area (Å²) in [6, 6.07) is 11.4. The molecule has 1 unspecified atom stereocenters. The Labute approximate surface area is 105 Å². The van der Waals surface area contributed by atoms with Crippen molar-refractivity contribution in [2.24, 2.45) is 12.8 Å². The molecule has 0 saturated carbocycles. The van der Waals surface area contributed by atoms with E-state index >= 15 is 0 Å². The van der Waals surface area contributed by atoms with Gasteiger partial charge in [0, 0.05) is 19.2 Å². The molecule has 1 aromatic heterocycles. The van der Waals surface area contributed by atoms with Gasteiger partial charge in [-0.1, -0.05) is 30.3 Å². The molecule has 1 atom stereocenters. The average molecular weight is 245 g/mol. The molecule has 0 aliphatic heterocycles. The van der Waals surface area contributed by atoms with E-state index < -0.39 is 11.9 Å². The molecule has 0 fully saturated rings. The summed E-state index contributed by atoms with van der Waals surface area (Å²) in [5, 5.41) is 13.4. The first-order chi connectivity index (χ1) is 8.63. The number of aromatic nitrogens is 2. The van der Waals surface area contributed by atoms with Crippen molar-refractivity contribution in [3.05, 3.63) is 42.1 Å². The normalized spacial score (nSPS) is 12.3. The Kier molecular flexibility index (Phi) is 3.43. The van der Waals surface area contributed by atoms with Crippen molar-refractivity contribution in [2.45, 2.75) is 5.92 Å². The summed E-state index contributed by atoms with van der Waals surface area (Å²) < 4.78 is 1.58. The molecule has 0 bridgehead atoms. The average Bonchev–Trinajstić information content (AvgIpc) is 2.73. The molecule has 5 heteroatoms. The van der Waals surface area contributed by atoms with Crippen molar-refractivity contribution in [2.75, 3.05) is 6.54 Å². The maximum Gasteiger partial charge on any atom is 0.313 e. The number of benzene rings is 1. The van der Waals surface area contributed by atoms with Gasteiger partial charge in [0.05, 0.1) is 11.4 Å². The molecular formula is C13H15N3O2. The second kappa shape index (κ2) is 5.01. The zero-order valence-electron chi connectivity index (χ0n) is 10.1. The molecule has 0 amide bonds. The molecule has 0 aliphatic rings. The fraction of sp³-hybridized carbons (Fsp3) is 0.231. The topological polar surface area (TPSA) is 81.1 Å². The van der Waals surface area contributed by atoms with Crippen LogP contribution < -0.4 is 5.73 Å². The van der Waals surface area contributed by atoms with Gasteiger partial charge in [0.15, 0.2) is 0 Å². The number of hydrogen-bond acceptors (Lipinski definition) is 3. The minimum atomic E-state index is -0.930. The summed E-state index contributed by atoms with van der Waals surface area (Å²) in [5.41, 5.74) is 7.83. The van der Waals surface area contributed by atoms with Crippen LogP contribution in [0.2, 0.25) is 0 Å². The second-order valence-corrected chi connectivity index (χ2v) is 4.07. The largest absolute Gasteiger partial charge is 0.481 e. The fourth-order valence-corrected chi connectivity index (χ4v) is 1.91. The predicted molar refractivity (Wildman–Crippen MR) is 68.1 cm³/mol. The molecule has 5 nitrogen and oxygen atoms in total. The molecule has 0 saturated heterocycles. The van der Waals surface area contributed by atoms with Crippen molar-refractivity contribution < 1.29 is 9.90 Å². The number of nitrogens with two attached hydrogens (primary N) is 1. The van der Waals surface area contributed by atoms with Crippen LogP contribution in [0.3, 0.4) is 0 Å². The second-order valence-electron chi connectivity index (χ2n) is 4.07. The van der Waals surface area contributed by atoms with Crippen molar-refractivity contribution >= 4 is 5.97 Å². The first-order valence-electron chi connectivity index (χ1n) is 5.65. The number of carboxylic acid groups (broad SMARTS) is 1. The van der Waals surface area contributed by atoms with Crippen molar-refractivity contribution in [1.82, 2.24) is 9.78 Å². The Hall–Kier alpha value is -2.14. The van der Waals surface area contributed by atoms with Gasteiger partial charge in [-0.3, -0.25) is 9.48 Å². The van der Waals surface area contributed by atoms with Gasteiger partial charge in [0.2, 0.25) is 0 Å². The maximum absolute atomic E-state index is 11.1. The molecule has 0 radical (unpaired) electrons. The smallest absolute Gasteiger partial charge is 0.313 e. The van der Waals surface area contributed by atoms with E-state index in [0.717, 1.165) is 11.3 Å². The van der Waals surface area contributed by atoms with Gasteiger partial charge in [-0.25, -0.2) is 0 Å². The van der Waals surface area contributed by atoms with Crippen LogP contribution in [0.25, 0.3) is 11.3 Å². The fourth-order valence-electron chi connectivity index (χ4n) is 1.91. The lowest BCUT2D eigenvalue weighted by Crippen LogP contribution is -2.23. The SMILES string of the molecule is Cn1nc(-c2ccccc2)cc1C(CN)C(=O)O. The van der Waals surface area contributed by atoms with E-state index in [1.807, 2.05) is 30.3 Å². The Morgan fingerprint density at radius 3 is 2.67 bits per heavy atom. The monoisotopic (exact) mass is 245 g/mol. The van der Waals surface area contributed by atoms with Crippen molar-refractivity contribution in [3.8, 4) is 11.3 Å². The molecule has 3 N–H and O–H groups in total. The minimum Gasteiger partial charge on any atom is -0.481 e. The van der Waals surface area contributed by atoms with Crippen LogP contribution in [0.1, 0.15) is 11.6 Å². The Morgan fingerprint density at radius 2 is 2.11 bits per heavy atom. The van der Waals surface area contributed by atoms with E-state index in [4.69, 9.17) is 10.8 Å². The first-order valence-corrected chi connectivity index (χ1v) is 5.65. The lowest BCUT2D eigenvalue weighted by Gasteiger charge is -2.08. The quantitative estimate of drug-likeness (QED) is 0.848. The van der Waals surface area contributed by atoms with Crippen LogP contribution in [0.5, 0.6) is 0 Å².